The first-order chi connectivity index (χ1) is 18.4. The topological polar surface area (TPSA) is 101 Å². The third-order valence-electron chi connectivity index (χ3n) is 6.72. The predicted molar refractivity (Wildman–Crippen MR) is 142 cm³/mol. The normalized spacial score (nSPS) is 18.1. The number of ether oxygens (including phenoxy) is 1. The van der Waals surface area contributed by atoms with Gasteiger partial charge in [-0.3, -0.25) is 0 Å². The zero-order valence-corrected chi connectivity index (χ0v) is 23.3. The maximum absolute atomic E-state index is 13.3. The zero-order valence-electron chi connectivity index (χ0n) is 22.5. The van der Waals surface area contributed by atoms with Crippen LogP contribution in [0.3, 0.4) is 0 Å². The van der Waals surface area contributed by atoms with Crippen LogP contribution >= 0.6 is 11.3 Å². The molecule has 0 bridgehead atoms. The number of aryl methyl sites for hydroxylation is 1. The molecule has 0 radical (unpaired) electrons. The molecule has 0 saturated carbocycles. The molecule has 5 rings (SSSR count). The maximum atomic E-state index is 13.3. The molecule has 10 nitrogen and oxygen atoms in total. The van der Waals surface area contributed by atoms with E-state index in [0.717, 1.165) is 40.6 Å². The molecule has 5 heterocycles. The molecular formula is C25H33F3N8O2S. The van der Waals surface area contributed by atoms with Gasteiger partial charge in [0.15, 0.2) is 5.82 Å². The Morgan fingerprint density at radius 2 is 1.95 bits per heavy atom. The highest BCUT2D eigenvalue weighted by Gasteiger charge is 2.40. The van der Waals surface area contributed by atoms with Crippen molar-refractivity contribution < 1.29 is 22.7 Å². The fourth-order valence-electron chi connectivity index (χ4n) is 4.97. The Balaban J connectivity index is 1.37. The number of alkyl carbamates (subject to hydrolysis) is 1. The van der Waals surface area contributed by atoms with Crippen LogP contribution in [-0.4, -0.2) is 62.6 Å². The average molecular weight is 567 g/mol. The van der Waals surface area contributed by atoms with E-state index in [0.29, 0.717) is 31.4 Å². The van der Waals surface area contributed by atoms with Gasteiger partial charge in [-0.25, -0.2) is 9.78 Å². The van der Waals surface area contributed by atoms with Crippen molar-refractivity contribution in [2.45, 2.75) is 71.8 Å². The van der Waals surface area contributed by atoms with Crippen molar-refractivity contribution in [3.63, 3.8) is 0 Å². The summed E-state index contributed by atoms with van der Waals surface area (Å²) < 4.78 is 46.5. The van der Waals surface area contributed by atoms with E-state index in [2.05, 4.69) is 33.4 Å². The van der Waals surface area contributed by atoms with Gasteiger partial charge >= 0.3 is 12.3 Å². The molecule has 3 aromatic heterocycles. The minimum Gasteiger partial charge on any atom is -0.444 e. The summed E-state index contributed by atoms with van der Waals surface area (Å²) in [6.45, 7) is 10.1. The van der Waals surface area contributed by atoms with Gasteiger partial charge in [0.25, 0.3) is 0 Å². The van der Waals surface area contributed by atoms with E-state index in [1.165, 1.54) is 4.88 Å². The van der Waals surface area contributed by atoms with E-state index >= 15 is 0 Å². The summed E-state index contributed by atoms with van der Waals surface area (Å²) in [5, 5.41) is 11.0. The van der Waals surface area contributed by atoms with Gasteiger partial charge in [0.1, 0.15) is 16.2 Å². The van der Waals surface area contributed by atoms with E-state index < -0.39 is 23.7 Å². The number of carbonyl (C=O) groups excluding carboxylic acids is 1. The molecular weight excluding hydrogens is 533 g/mol. The van der Waals surface area contributed by atoms with Gasteiger partial charge in [0.05, 0.1) is 11.9 Å². The number of nitrogens with zero attached hydrogens (tertiary/aromatic N) is 7. The Labute approximate surface area is 228 Å². The van der Waals surface area contributed by atoms with Crippen LogP contribution in [0.2, 0.25) is 0 Å². The molecule has 1 atom stereocenters. The molecule has 1 amide bonds. The molecule has 1 N–H and O–H groups in total. The standard InChI is InChI=1S/C25H33F3N8O2S/c1-5-6-16-11-17-19(34-9-10-36-18(14-34)32-33-21(36)25(26,27)28)30-22(31-20(17)39-16)35-8-7-15(13-35)12-29-23(37)38-24(2,3)4/h11,15H,5-10,12-14H2,1-4H3,(H,29,37). The van der Waals surface area contributed by atoms with Gasteiger partial charge in [-0.05, 0) is 45.6 Å². The summed E-state index contributed by atoms with van der Waals surface area (Å²) in [4.78, 5) is 28.0. The zero-order chi connectivity index (χ0) is 27.9. The van der Waals surface area contributed by atoms with Crippen molar-refractivity contribution >= 4 is 39.4 Å². The predicted octanol–water partition coefficient (Wildman–Crippen LogP) is 4.63. The molecule has 14 heteroatoms. The SMILES string of the molecule is CCCc1cc2c(N3CCn4c(nnc4C(F)(F)F)C3)nc(N3CCC(CNC(=O)OC(C)(C)C)C3)nc2s1. The summed E-state index contributed by atoms with van der Waals surface area (Å²) in [5.41, 5.74) is -0.557. The van der Waals surface area contributed by atoms with Gasteiger partial charge in [0.2, 0.25) is 11.8 Å². The number of halogens is 3. The molecule has 1 fully saturated rings. The van der Waals surface area contributed by atoms with Crippen LogP contribution in [0.1, 0.15) is 57.1 Å². The lowest BCUT2D eigenvalue weighted by molar-refractivity contribution is -0.147. The summed E-state index contributed by atoms with van der Waals surface area (Å²) in [5.74, 6) is 0.806. The lowest BCUT2D eigenvalue weighted by Gasteiger charge is -2.30. The number of alkyl halides is 3. The van der Waals surface area contributed by atoms with Crippen LogP contribution in [0.5, 0.6) is 0 Å². The highest BCUT2D eigenvalue weighted by atomic mass is 32.1. The summed E-state index contributed by atoms with van der Waals surface area (Å²) in [6, 6.07) is 2.10. The summed E-state index contributed by atoms with van der Waals surface area (Å²) in [6.07, 6.45) is -2.20. The van der Waals surface area contributed by atoms with Gasteiger partial charge in [-0.15, -0.1) is 21.5 Å². The van der Waals surface area contributed by atoms with Gasteiger partial charge in [-0.1, -0.05) is 13.3 Å². The lowest BCUT2D eigenvalue weighted by Crippen LogP contribution is -2.36. The first-order valence-electron chi connectivity index (χ1n) is 13.2. The van der Waals surface area contributed by atoms with Gasteiger partial charge in [0, 0.05) is 37.6 Å². The highest BCUT2D eigenvalue weighted by Crippen LogP contribution is 2.36. The Hall–Kier alpha value is -3.16. The monoisotopic (exact) mass is 566 g/mol. The van der Waals surface area contributed by atoms with Crippen molar-refractivity contribution in [1.29, 1.82) is 0 Å². The van der Waals surface area contributed by atoms with Crippen molar-refractivity contribution in [1.82, 2.24) is 30.0 Å². The van der Waals surface area contributed by atoms with Crippen molar-refractivity contribution in [3.8, 4) is 0 Å². The molecule has 0 aliphatic carbocycles. The molecule has 2 aliphatic rings. The molecule has 1 unspecified atom stereocenters. The molecule has 2 aliphatic heterocycles. The molecule has 3 aromatic rings. The second kappa shape index (κ2) is 10.4. The number of rotatable bonds is 6. The van der Waals surface area contributed by atoms with Crippen LogP contribution < -0.4 is 15.1 Å². The van der Waals surface area contributed by atoms with Crippen LogP contribution in [0.4, 0.5) is 29.7 Å². The molecule has 0 spiro atoms. The van der Waals surface area contributed by atoms with E-state index in [4.69, 9.17) is 14.7 Å². The third-order valence-corrected chi connectivity index (χ3v) is 7.81. The smallest absolute Gasteiger partial charge is 0.444 e. The van der Waals surface area contributed by atoms with Crippen molar-refractivity contribution in [3.05, 3.63) is 22.6 Å². The molecule has 0 aromatic carbocycles. The average Bonchev–Trinajstić information content (AvgIpc) is 3.58. The Bertz CT molecular complexity index is 1350. The van der Waals surface area contributed by atoms with Crippen molar-refractivity contribution in [2.24, 2.45) is 5.92 Å². The number of hydrogen-bond acceptors (Lipinski definition) is 9. The minimum atomic E-state index is -4.55. The summed E-state index contributed by atoms with van der Waals surface area (Å²) >= 11 is 1.63. The van der Waals surface area contributed by atoms with Crippen LogP contribution in [0.15, 0.2) is 6.07 Å². The number of hydrogen-bond donors (Lipinski definition) is 1. The van der Waals surface area contributed by atoms with Gasteiger partial charge in [-0.2, -0.15) is 18.2 Å². The molecule has 212 valence electrons. The van der Waals surface area contributed by atoms with E-state index in [9.17, 15) is 18.0 Å². The Morgan fingerprint density at radius 3 is 2.67 bits per heavy atom. The molecule has 1 saturated heterocycles. The second-order valence-electron chi connectivity index (χ2n) is 11.0. The minimum absolute atomic E-state index is 0.117. The number of thiophene rings is 1. The first kappa shape index (κ1) is 27.4. The first-order valence-corrected chi connectivity index (χ1v) is 14.0. The van der Waals surface area contributed by atoms with Crippen molar-refractivity contribution in [2.75, 3.05) is 36.0 Å². The van der Waals surface area contributed by atoms with E-state index in [1.54, 1.807) is 11.3 Å². The second-order valence-corrected chi connectivity index (χ2v) is 12.1. The van der Waals surface area contributed by atoms with E-state index in [1.807, 2.05) is 25.7 Å². The number of anilines is 2. The fourth-order valence-corrected chi connectivity index (χ4v) is 6.09. The number of fused-ring (bicyclic) bond motifs is 2. The largest absolute Gasteiger partial charge is 0.451 e. The third kappa shape index (κ3) is 6.04. The Morgan fingerprint density at radius 1 is 1.15 bits per heavy atom. The summed E-state index contributed by atoms with van der Waals surface area (Å²) in [7, 11) is 0. The lowest BCUT2D eigenvalue weighted by atomic mass is 10.1. The molecule has 39 heavy (non-hydrogen) atoms. The number of aromatic nitrogens is 5. The quantitative estimate of drug-likeness (QED) is 0.461. The van der Waals surface area contributed by atoms with Crippen LogP contribution in [-0.2, 0) is 30.4 Å². The number of amides is 1. The highest BCUT2D eigenvalue weighted by molar-refractivity contribution is 7.18. The van der Waals surface area contributed by atoms with Gasteiger partial charge < -0.3 is 24.4 Å². The number of carbonyl (C=O) groups is 1. The Kier molecular flexibility index (Phi) is 7.33. The van der Waals surface area contributed by atoms with E-state index in [-0.39, 0.29) is 24.8 Å². The van der Waals surface area contributed by atoms with Crippen LogP contribution in [0, 0.1) is 5.92 Å². The fraction of sp³-hybridized carbons (Fsp3) is 0.640. The number of nitrogens with one attached hydrogen (secondary N) is 1. The van der Waals surface area contributed by atoms with Crippen LogP contribution in [0.25, 0.3) is 10.2 Å². The maximum Gasteiger partial charge on any atom is 0.451 e.